The van der Waals surface area contributed by atoms with Gasteiger partial charge in [0.15, 0.2) is 0 Å². The lowest BCUT2D eigenvalue weighted by molar-refractivity contribution is 0.767. The van der Waals surface area contributed by atoms with Crippen molar-refractivity contribution in [1.29, 1.82) is 0 Å². The Morgan fingerprint density at radius 1 is 0.481 bits per heavy atom. The van der Waals surface area contributed by atoms with Gasteiger partial charge in [-0.1, -0.05) is 111 Å². The molecule has 0 saturated heterocycles. The van der Waals surface area contributed by atoms with E-state index in [0.717, 1.165) is 8.95 Å². The summed E-state index contributed by atoms with van der Waals surface area (Å²) in [7, 11) is 0. The molecule has 4 aromatic carbocycles. The lowest BCUT2D eigenvalue weighted by Gasteiger charge is -2.34. The first kappa shape index (κ1) is 17.0. The van der Waals surface area contributed by atoms with Crippen LogP contribution in [-0.4, -0.2) is 0 Å². The summed E-state index contributed by atoms with van der Waals surface area (Å²) in [6.45, 7) is 0. The highest BCUT2D eigenvalue weighted by Crippen LogP contribution is 2.56. The predicted molar refractivity (Wildman–Crippen MR) is 119 cm³/mol. The van der Waals surface area contributed by atoms with Crippen LogP contribution < -0.4 is 0 Å². The minimum atomic E-state index is -0.333. The van der Waals surface area contributed by atoms with Gasteiger partial charge in [-0.2, -0.15) is 0 Å². The molecule has 1 aliphatic rings. The molecule has 4 aromatic rings. The van der Waals surface area contributed by atoms with Crippen LogP contribution in [0.25, 0.3) is 11.1 Å². The second-order valence-corrected chi connectivity index (χ2v) is 8.70. The molecule has 1 aliphatic carbocycles. The lowest BCUT2D eigenvalue weighted by atomic mass is 9.68. The third-order valence-electron chi connectivity index (χ3n) is 5.45. The van der Waals surface area contributed by atoms with Crippen LogP contribution >= 0.6 is 31.9 Å². The molecule has 27 heavy (non-hydrogen) atoms. The Morgan fingerprint density at radius 3 is 1.52 bits per heavy atom. The number of fused-ring (bicyclic) bond motifs is 3. The second-order valence-electron chi connectivity index (χ2n) is 6.87. The summed E-state index contributed by atoms with van der Waals surface area (Å²) in [5, 5.41) is 0. The standard InChI is InChI=1S/C25H16Br2/c26-19-14-18(15-20(27)16-19)25(17-8-2-1-3-9-17)23-12-6-4-10-21(23)22-11-5-7-13-24(22)25/h1-16H. The third kappa shape index (κ3) is 2.47. The Morgan fingerprint density at radius 2 is 0.963 bits per heavy atom. The van der Waals surface area contributed by atoms with E-state index in [0.29, 0.717) is 0 Å². The molecule has 5 rings (SSSR count). The number of hydrogen-bond donors (Lipinski definition) is 0. The van der Waals surface area contributed by atoms with Crippen molar-refractivity contribution in [2.24, 2.45) is 0 Å². The van der Waals surface area contributed by atoms with Crippen LogP contribution in [0.5, 0.6) is 0 Å². The van der Waals surface area contributed by atoms with Crippen LogP contribution in [0, 0.1) is 0 Å². The van der Waals surface area contributed by atoms with Crippen molar-refractivity contribution in [1.82, 2.24) is 0 Å². The maximum Gasteiger partial charge on any atom is 0.0714 e. The Kier molecular flexibility index (Phi) is 4.07. The molecular formula is C25H16Br2. The molecule has 0 radical (unpaired) electrons. The average Bonchev–Trinajstić information content (AvgIpc) is 2.99. The Labute approximate surface area is 176 Å². The van der Waals surface area contributed by atoms with Crippen molar-refractivity contribution in [3.8, 4) is 11.1 Å². The fraction of sp³-hybridized carbons (Fsp3) is 0.0400. The molecule has 0 unspecified atom stereocenters. The van der Waals surface area contributed by atoms with Crippen LogP contribution in [-0.2, 0) is 5.41 Å². The Balaban J connectivity index is 1.99. The topological polar surface area (TPSA) is 0 Å². The van der Waals surface area contributed by atoms with E-state index >= 15 is 0 Å². The van der Waals surface area contributed by atoms with Crippen LogP contribution in [0.1, 0.15) is 22.3 Å². The fourth-order valence-electron chi connectivity index (χ4n) is 4.48. The van der Waals surface area contributed by atoms with Gasteiger partial charge in [-0.3, -0.25) is 0 Å². The molecule has 0 nitrogen and oxygen atoms in total. The smallest absolute Gasteiger partial charge is 0.0622 e. The van der Waals surface area contributed by atoms with Crippen molar-refractivity contribution in [2.75, 3.05) is 0 Å². The minimum absolute atomic E-state index is 0.333. The molecule has 0 aromatic heterocycles. The van der Waals surface area contributed by atoms with Gasteiger partial charge < -0.3 is 0 Å². The van der Waals surface area contributed by atoms with E-state index in [9.17, 15) is 0 Å². The zero-order valence-electron chi connectivity index (χ0n) is 14.5. The van der Waals surface area contributed by atoms with Gasteiger partial charge in [-0.15, -0.1) is 0 Å². The summed E-state index contributed by atoms with van der Waals surface area (Å²) >= 11 is 7.41. The van der Waals surface area contributed by atoms with E-state index in [1.807, 2.05) is 0 Å². The number of hydrogen-bond acceptors (Lipinski definition) is 0. The van der Waals surface area contributed by atoms with E-state index in [-0.39, 0.29) is 5.41 Å². The average molecular weight is 476 g/mol. The van der Waals surface area contributed by atoms with Crippen molar-refractivity contribution in [2.45, 2.75) is 5.41 Å². The van der Waals surface area contributed by atoms with Gasteiger partial charge in [-0.25, -0.2) is 0 Å². The SMILES string of the molecule is Brc1cc(Br)cc(C2(c3ccccc3)c3ccccc3-c3ccccc32)c1. The van der Waals surface area contributed by atoms with Gasteiger partial charge in [0, 0.05) is 8.95 Å². The molecule has 0 atom stereocenters. The summed E-state index contributed by atoms with van der Waals surface area (Å²) in [6.07, 6.45) is 0. The number of halogens is 2. The molecule has 0 N–H and O–H groups in total. The Bertz CT molecular complexity index is 1080. The zero-order chi connectivity index (χ0) is 18.4. The van der Waals surface area contributed by atoms with E-state index in [4.69, 9.17) is 0 Å². The summed E-state index contributed by atoms with van der Waals surface area (Å²) in [5.41, 5.74) is 7.51. The maximum atomic E-state index is 3.71. The van der Waals surface area contributed by atoms with Crippen molar-refractivity contribution >= 4 is 31.9 Å². The van der Waals surface area contributed by atoms with Crippen molar-refractivity contribution in [3.63, 3.8) is 0 Å². The third-order valence-corrected chi connectivity index (χ3v) is 6.37. The van der Waals surface area contributed by atoms with Crippen LogP contribution in [0.15, 0.2) is 106 Å². The molecule has 0 fully saturated rings. The second kappa shape index (κ2) is 6.47. The summed E-state index contributed by atoms with van der Waals surface area (Å²) in [6, 6.07) is 35.0. The molecule has 0 amide bonds. The predicted octanol–water partition coefficient (Wildman–Crippen LogP) is 7.57. The maximum absolute atomic E-state index is 3.71. The molecule has 0 heterocycles. The largest absolute Gasteiger partial charge is 0.0714 e. The number of rotatable bonds is 2. The number of benzene rings is 4. The molecule has 0 saturated carbocycles. The normalized spacial score (nSPS) is 13.9. The van der Waals surface area contributed by atoms with Gasteiger partial charge in [0.25, 0.3) is 0 Å². The first-order valence-electron chi connectivity index (χ1n) is 8.93. The molecule has 2 heteroatoms. The Hall–Kier alpha value is -2.16. The zero-order valence-corrected chi connectivity index (χ0v) is 17.7. The lowest BCUT2D eigenvalue weighted by Crippen LogP contribution is -2.28. The quantitative estimate of drug-likeness (QED) is 0.247. The first-order valence-corrected chi connectivity index (χ1v) is 10.5. The molecule has 0 spiro atoms. The summed E-state index contributed by atoms with van der Waals surface area (Å²) in [5.74, 6) is 0. The molecule has 0 bridgehead atoms. The fourth-order valence-corrected chi connectivity index (χ4v) is 5.78. The summed E-state index contributed by atoms with van der Waals surface area (Å²) in [4.78, 5) is 0. The van der Waals surface area contributed by atoms with Gasteiger partial charge in [0.05, 0.1) is 5.41 Å². The van der Waals surface area contributed by atoms with Gasteiger partial charge >= 0.3 is 0 Å². The highest BCUT2D eigenvalue weighted by molar-refractivity contribution is 9.11. The van der Waals surface area contributed by atoms with Crippen LogP contribution in [0.2, 0.25) is 0 Å². The van der Waals surface area contributed by atoms with E-state index in [1.54, 1.807) is 0 Å². The van der Waals surface area contributed by atoms with Gasteiger partial charge in [-0.05, 0) is 51.6 Å². The van der Waals surface area contributed by atoms with Crippen molar-refractivity contribution in [3.05, 3.63) is 128 Å². The molecule has 130 valence electrons. The molecule has 0 aliphatic heterocycles. The summed E-state index contributed by atoms with van der Waals surface area (Å²) < 4.78 is 2.15. The van der Waals surface area contributed by atoms with E-state index < -0.39 is 0 Å². The van der Waals surface area contributed by atoms with E-state index in [2.05, 4.69) is 129 Å². The monoisotopic (exact) mass is 474 g/mol. The highest BCUT2D eigenvalue weighted by Gasteiger charge is 2.45. The van der Waals surface area contributed by atoms with Gasteiger partial charge in [0.2, 0.25) is 0 Å². The minimum Gasteiger partial charge on any atom is -0.0622 e. The van der Waals surface area contributed by atoms with Gasteiger partial charge in [0.1, 0.15) is 0 Å². The van der Waals surface area contributed by atoms with Crippen LogP contribution in [0.3, 0.4) is 0 Å². The van der Waals surface area contributed by atoms with E-state index in [1.165, 1.54) is 33.4 Å². The molecular weight excluding hydrogens is 460 g/mol. The van der Waals surface area contributed by atoms with Crippen molar-refractivity contribution < 1.29 is 0 Å². The van der Waals surface area contributed by atoms with Crippen LogP contribution in [0.4, 0.5) is 0 Å². The highest BCUT2D eigenvalue weighted by atomic mass is 79.9. The first-order chi connectivity index (χ1) is 13.2.